The van der Waals surface area contributed by atoms with Gasteiger partial charge in [0.2, 0.25) is 5.28 Å². The van der Waals surface area contributed by atoms with Crippen LogP contribution in [0.15, 0.2) is 22.8 Å². The van der Waals surface area contributed by atoms with E-state index in [-0.39, 0.29) is 5.28 Å². The standard InChI is InChI=1S/C15H16ClN5O3/c16-14-19-12(17-6-10-2-1-4-23-10)11-13(20-14)21-15(18-11)24-8-9-3-5-22-7-9/h1-2,4,9H,3,5-8H2,(H2,17,18,19,20,21)/t9-/m1/s1. The van der Waals surface area contributed by atoms with E-state index in [1.54, 1.807) is 6.26 Å². The zero-order chi connectivity index (χ0) is 16.4. The Kier molecular flexibility index (Phi) is 4.22. The van der Waals surface area contributed by atoms with Gasteiger partial charge in [0.15, 0.2) is 17.0 Å². The van der Waals surface area contributed by atoms with Gasteiger partial charge in [0, 0.05) is 12.5 Å². The molecule has 0 amide bonds. The van der Waals surface area contributed by atoms with Gasteiger partial charge in [-0.1, -0.05) is 0 Å². The summed E-state index contributed by atoms with van der Waals surface area (Å²) in [5, 5.41) is 3.28. The van der Waals surface area contributed by atoms with E-state index in [9.17, 15) is 0 Å². The summed E-state index contributed by atoms with van der Waals surface area (Å²) in [6, 6.07) is 4.09. The molecule has 0 bridgehead atoms. The van der Waals surface area contributed by atoms with Crippen LogP contribution < -0.4 is 10.1 Å². The number of aromatic amines is 1. The molecule has 0 radical (unpaired) electrons. The first-order chi connectivity index (χ1) is 11.8. The number of hydrogen-bond acceptors (Lipinski definition) is 7. The van der Waals surface area contributed by atoms with Gasteiger partial charge in [0.05, 0.1) is 26.0 Å². The summed E-state index contributed by atoms with van der Waals surface area (Å²) < 4.78 is 16.3. The summed E-state index contributed by atoms with van der Waals surface area (Å²) in [7, 11) is 0. The van der Waals surface area contributed by atoms with Gasteiger partial charge < -0.3 is 19.2 Å². The van der Waals surface area contributed by atoms with E-state index in [2.05, 4.69) is 25.3 Å². The summed E-state index contributed by atoms with van der Waals surface area (Å²) in [5.41, 5.74) is 1.10. The summed E-state index contributed by atoms with van der Waals surface area (Å²) in [5.74, 6) is 1.70. The Balaban J connectivity index is 1.52. The Morgan fingerprint density at radius 1 is 1.38 bits per heavy atom. The van der Waals surface area contributed by atoms with E-state index < -0.39 is 0 Å². The van der Waals surface area contributed by atoms with Crippen LogP contribution in [0, 0.1) is 5.92 Å². The molecule has 3 aromatic heterocycles. The molecule has 3 aromatic rings. The first kappa shape index (κ1) is 15.2. The number of rotatable bonds is 6. The number of H-pyrrole nitrogens is 1. The molecule has 1 aliphatic rings. The molecule has 0 unspecified atom stereocenters. The molecule has 0 aromatic carbocycles. The highest BCUT2D eigenvalue weighted by molar-refractivity contribution is 6.28. The average Bonchev–Trinajstić information content (AvgIpc) is 3.31. The number of nitrogens with one attached hydrogen (secondary N) is 2. The first-order valence-electron chi connectivity index (χ1n) is 7.68. The van der Waals surface area contributed by atoms with Crippen LogP contribution in [0.5, 0.6) is 6.01 Å². The molecule has 1 saturated heterocycles. The lowest BCUT2D eigenvalue weighted by molar-refractivity contribution is 0.164. The van der Waals surface area contributed by atoms with Crippen molar-refractivity contribution >= 4 is 28.6 Å². The van der Waals surface area contributed by atoms with Crippen LogP contribution in [-0.4, -0.2) is 39.8 Å². The van der Waals surface area contributed by atoms with Gasteiger partial charge in [-0.25, -0.2) is 0 Å². The van der Waals surface area contributed by atoms with Crippen LogP contribution in [0.3, 0.4) is 0 Å². The van der Waals surface area contributed by atoms with Crippen molar-refractivity contribution in [3.05, 3.63) is 29.4 Å². The molecule has 0 aliphatic carbocycles. The van der Waals surface area contributed by atoms with Gasteiger partial charge in [0.25, 0.3) is 6.01 Å². The lowest BCUT2D eigenvalue weighted by Crippen LogP contribution is -2.12. The predicted octanol–water partition coefficient (Wildman–Crippen LogP) is 2.63. The topological polar surface area (TPSA) is 98.1 Å². The third-order valence-corrected chi connectivity index (χ3v) is 3.95. The molecule has 0 saturated carbocycles. The Bertz CT molecular complexity index is 814. The Hall–Kier alpha value is -2.32. The maximum atomic E-state index is 5.98. The summed E-state index contributed by atoms with van der Waals surface area (Å²) >= 11 is 5.98. The molecule has 1 fully saturated rings. The van der Waals surface area contributed by atoms with E-state index in [0.717, 1.165) is 25.4 Å². The fraction of sp³-hybridized carbons (Fsp3) is 0.400. The summed E-state index contributed by atoms with van der Waals surface area (Å²) in [6.45, 7) is 2.53. The highest BCUT2D eigenvalue weighted by Crippen LogP contribution is 2.24. The van der Waals surface area contributed by atoms with Crippen LogP contribution >= 0.6 is 11.6 Å². The molecule has 24 heavy (non-hydrogen) atoms. The summed E-state index contributed by atoms with van der Waals surface area (Å²) in [4.78, 5) is 15.8. The van der Waals surface area contributed by atoms with Crippen molar-refractivity contribution in [1.82, 2.24) is 19.9 Å². The number of ether oxygens (including phenoxy) is 2. The molecule has 8 nitrogen and oxygen atoms in total. The number of anilines is 1. The number of furan rings is 1. The van der Waals surface area contributed by atoms with Gasteiger partial charge in [0.1, 0.15) is 5.76 Å². The van der Waals surface area contributed by atoms with E-state index in [1.807, 2.05) is 12.1 Å². The lowest BCUT2D eigenvalue weighted by atomic mass is 10.1. The fourth-order valence-electron chi connectivity index (χ4n) is 2.54. The van der Waals surface area contributed by atoms with Gasteiger partial charge in [-0.05, 0) is 30.2 Å². The van der Waals surface area contributed by atoms with E-state index in [0.29, 0.717) is 42.1 Å². The highest BCUT2D eigenvalue weighted by Gasteiger charge is 2.18. The highest BCUT2D eigenvalue weighted by atomic mass is 35.5. The molecule has 0 spiro atoms. The first-order valence-corrected chi connectivity index (χ1v) is 8.06. The Morgan fingerprint density at radius 3 is 3.12 bits per heavy atom. The minimum absolute atomic E-state index is 0.129. The van der Waals surface area contributed by atoms with Gasteiger partial charge in [-0.15, -0.1) is 0 Å². The van der Waals surface area contributed by atoms with Crippen molar-refractivity contribution in [1.29, 1.82) is 0 Å². The van der Waals surface area contributed by atoms with Gasteiger partial charge in [-0.3, -0.25) is 4.98 Å². The quantitative estimate of drug-likeness (QED) is 0.660. The van der Waals surface area contributed by atoms with Crippen molar-refractivity contribution in [2.24, 2.45) is 5.92 Å². The minimum Gasteiger partial charge on any atom is -0.467 e. The molecular formula is C15H16ClN5O3. The molecule has 4 rings (SSSR count). The second-order valence-corrected chi connectivity index (χ2v) is 5.89. The molecule has 1 aliphatic heterocycles. The summed E-state index contributed by atoms with van der Waals surface area (Å²) in [6.07, 6.45) is 2.62. The van der Waals surface area contributed by atoms with Crippen molar-refractivity contribution in [2.45, 2.75) is 13.0 Å². The smallest absolute Gasteiger partial charge is 0.295 e. The van der Waals surface area contributed by atoms with E-state index in [4.69, 9.17) is 25.5 Å². The van der Waals surface area contributed by atoms with Gasteiger partial charge >= 0.3 is 0 Å². The zero-order valence-corrected chi connectivity index (χ0v) is 13.5. The molecule has 126 valence electrons. The molecule has 9 heteroatoms. The zero-order valence-electron chi connectivity index (χ0n) is 12.8. The fourth-order valence-corrected chi connectivity index (χ4v) is 2.71. The maximum absolute atomic E-state index is 5.98. The maximum Gasteiger partial charge on any atom is 0.295 e. The normalized spacial score (nSPS) is 17.5. The molecule has 4 heterocycles. The van der Waals surface area contributed by atoms with Crippen LogP contribution in [0.2, 0.25) is 5.28 Å². The molecule has 1 atom stereocenters. The molecule has 2 N–H and O–H groups in total. The number of aromatic nitrogens is 4. The van der Waals surface area contributed by atoms with Crippen LogP contribution in [0.1, 0.15) is 12.2 Å². The number of nitrogens with zero attached hydrogens (tertiary/aromatic N) is 3. The molecular weight excluding hydrogens is 334 g/mol. The van der Waals surface area contributed by atoms with Gasteiger partial charge in [-0.2, -0.15) is 15.0 Å². The number of hydrogen-bond donors (Lipinski definition) is 2. The SMILES string of the molecule is Clc1nc(NCc2ccco2)c2nc(OC[C@@H]3CCOC3)[nH]c2n1. The van der Waals surface area contributed by atoms with Crippen LogP contribution in [-0.2, 0) is 11.3 Å². The minimum atomic E-state index is 0.129. The van der Waals surface area contributed by atoms with E-state index in [1.165, 1.54) is 0 Å². The van der Waals surface area contributed by atoms with E-state index >= 15 is 0 Å². The third kappa shape index (κ3) is 3.29. The van der Waals surface area contributed by atoms with Crippen molar-refractivity contribution in [2.75, 3.05) is 25.1 Å². The Labute approximate surface area is 142 Å². The monoisotopic (exact) mass is 349 g/mol. The van der Waals surface area contributed by atoms with Crippen LogP contribution in [0.4, 0.5) is 5.82 Å². The Morgan fingerprint density at radius 2 is 2.33 bits per heavy atom. The second-order valence-electron chi connectivity index (χ2n) is 5.55. The van der Waals surface area contributed by atoms with Crippen molar-refractivity contribution in [3.63, 3.8) is 0 Å². The largest absolute Gasteiger partial charge is 0.467 e. The number of imidazole rings is 1. The number of fused-ring (bicyclic) bond motifs is 1. The average molecular weight is 350 g/mol. The van der Waals surface area contributed by atoms with Crippen molar-refractivity contribution < 1.29 is 13.9 Å². The van der Waals surface area contributed by atoms with Crippen LogP contribution in [0.25, 0.3) is 11.2 Å². The predicted molar refractivity (Wildman–Crippen MR) is 87.1 cm³/mol. The van der Waals surface area contributed by atoms with Crippen molar-refractivity contribution in [3.8, 4) is 6.01 Å². The third-order valence-electron chi connectivity index (χ3n) is 3.79. The lowest BCUT2D eigenvalue weighted by Gasteiger charge is -2.06. The number of halogens is 1. The second kappa shape index (κ2) is 6.66.